The van der Waals surface area contributed by atoms with Crippen LogP contribution in [0.4, 0.5) is 5.13 Å². The molecule has 4 aromatic rings. The fourth-order valence-electron chi connectivity index (χ4n) is 3.31. The molecule has 1 heterocycles. The number of halogens is 2. The molecular weight excluding hydrogens is 451 g/mol. The molecule has 4 nitrogen and oxygen atoms in total. The van der Waals surface area contributed by atoms with Crippen molar-refractivity contribution in [1.29, 1.82) is 0 Å². The van der Waals surface area contributed by atoms with Gasteiger partial charge in [-0.15, -0.1) is 0 Å². The maximum Gasteiger partial charge on any atom is 0.267 e. The molecule has 0 aliphatic carbocycles. The fraction of sp³-hybridized carbons (Fsp3) is 0.167. The quantitative estimate of drug-likeness (QED) is 0.310. The SMILES string of the molecule is Cc1cc(C)c2nc(N(Cc3ccccc3)C(=O)COc3ccc(Cl)cc3Cl)sc2c1. The van der Waals surface area contributed by atoms with Crippen molar-refractivity contribution in [2.45, 2.75) is 20.4 Å². The van der Waals surface area contributed by atoms with E-state index in [1.807, 2.05) is 37.3 Å². The second kappa shape index (κ2) is 9.27. The predicted molar refractivity (Wildman–Crippen MR) is 129 cm³/mol. The number of amides is 1. The third-order valence-electron chi connectivity index (χ3n) is 4.78. The fourth-order valence-corrected chi connectivity index (χ4v) is 4.93. The first-order valence-corrected chi connectivity index (χ1v) is 11.3. The molecule has 0 spiro atoms. The molecule has 0 saturated heterocycles. The summed E-state index contributed by atoms with van der Waals surface area (Å²) in [6.45, 7) is 4.33. The number of anilines is 1. The Morgan fingerprint density at radius 1 is 1.06 bits per heavy atom. The maximum atomic E-state index is 13.2. The second-order valence-corrected chi connectivity index (χ2v) is 9.11. The minimum atomic E-state index is -0.205. The maximum absolute atomic E-state index is 13.2. The minimum Gasteiger partial charge on any atom is -0.482 e. The minimum absolute atomic E-state index is 0.165. The molecule has 0 N–H and O–H groups in total. The number of hydrogen-bond donors (Lipinski definition) is 0. The molecule has 1 aromatic heterocycles. The summed E-state index contributed by atoms with van der Waals surface area (Å²) in [5.41, 5.74) is 4.18. The Morgan fingerprint density at radius 2 is 1.84 bits per heavy atom. The molecule has 1 amide bonds. The van der Waals surface area contributed by atoms with E-state index < -0.39 is 0 Å². The largest absolute Gasteiger partial charge is 0.482 e. The van der Waals surface area contributed by atoms with E-state index in [2.05, 4.69) is 19.1 Å². The molecule has 0 radical (unpaired) electrons. The highest BCUT2D eigenvalue weighted by molar-refractivity contribution is 7.22. The molecule has 7 heteroatoms. The van der Waals surface area contributed by atoms with Gasteiger partial charge in [0.05, 0.1) is 21.8 Å². The van der Waals surface area contributed by atoms with Crippen molar-refractivity contribution in [1.82, 2.24) is 4.98 Å². The number of benzene rings is 3. The van der Waals surface area contributed by atoms with Crippen LogP contribution < -0.4 is 9.64 Å². The highest BCUT2D eigenvalue weighted by atomic mass is 35.5. The summed E-state index contributed by atoms with van der Waals surface area (Å²) in [5.74, 6) is 0.207. The second-order valence-electron chi connectivity index (χ2n) is 7.25. The van der Waals surface area contributed by atoms with Gasteiger partial charge in [-0.3, -0.25) is 9.69 Å². The lowest BCUT2D eigenvalue weighted by molar-refractivity contribution is -0.120. The molecule has 0 unspecified atom stereocenters. The third kappa shape index (κ3) is 5.01. The topological polar surface area (TPSA) is 42.4 Å². The van der Waals surface area contributed by atoms with Crippen LogP contribution in [0.3, 0.4) is 0 Å². The molecule has 0 atom stereocenters. The summed E-state index contributed by atoms with van der Waals surface area (Å²) >= 11 is 13.6. The standard InChI is InChI=1S/C24H20Cl2N2O2S/c1-15-10-16(2)23-21(11-15)31-24(27-23)28(13-17-6-4-3-5-7-17)22(29)14-30-20-9-8-18(25)12-19(20)26/h3-12H,13-14H2,1-2H3. The lowest BCUT2D eigenvalue weighted by atomic mass is 10.1. The Hall–Kier alpha value is -2.60. The summed E-state index contributed by atoms with van der Waals surface area (Å²) in [4.78, 5) is 19.7. The van der Waals surface area contributed by atoms with Gasteiger partial charge in [0.1, 0.15) is 5.75 Å². The number of aromatic nitrogens is 1. The number of thiazole rings is 1. The zero-order valence-electron chi connectivity index (χ0n) is 17.1. The van der Waals surface area contributed by atoms with E-state index in [1.165, 1.54) is 16.9 Å². The number of hydrogen-bond acceptors (Lipinski definition) is 4. The van der Waals surface area contributed by atoms with Crippen molar-refractivity contribution in [3.63, 3.8) is 0 Å². The highest BCUT2D eigenvalue weighted by Crippen LogP contribution is 2.33. The molecular formula is C24H20Cl2N2O2S. The first-order chi connectivity index (χ1) is 14.9. The van der Waals surface area contributed by atoms with E-state index in [9.17, 15) is 4.79 Å². The van der Waals surface area contributed by atoms with E-state index in [0.717, 1.165) is 21.3 Å². The molecule has 31 heavy (non-hydrogen) atoms. The molecule has 4 rings (SSSR count). The summed E-state index contributed by atoms with van der Waals surface area (Å²) in [5, 5.41) is 1.51. The smallest absolute Gasteiger partial charge is 0.267 e. The molecule has 0 saturated carbocycles. The summed E-state index contributed by atoms with van der Waals surface area (Å²) in [7, 11) is 0. The van der Waals surface area contributed by atoms with Gasteiger partial charge in [-0.1, -0.05) is 70.9 Å². The molecule has 158 valence electrons. The zero-order chi connectivity index (χ0) is 22.0. The zero-order valence-corrected chi connectivity index (χ0v) is 19.4. The van der Waals surface area contributed by atoms with Gasteiger partial charge in [-0.05, 0) is 54.8 Å². The van der Waals surface area contributed by atoms with Gasteiger partial charge in [-0.25, -0.2) is 4.98 Å². The lowest BCUT2D eigenvalue weighted by Crippen LogP contribution is -2.34. The van der Waals surface area contributed by atoms with Crippen LogP contribution in [0.15, 0.2) is 60.7 Å². The Labute approximate surface area is 195 Å². The van der Waals surface area contributed by atoms with Crippen LogP contribution in [0, 0.1) is 13.8 Å². The Bertz CT molecular complexity index is 1240. The van der Waals surface area contributed by atoms with Crippen LogP contribution in [0.1, 0.15) is 16.7 Å². The van der Waals surface area contributed by atoms with E-state index in [1.54, 1.807) is 23.1 Å². The number of ether oxygens (including phenoxy) is 1. The van der Waals surface area contributed by atoms with E-state index in [-0.39, 0.29) is 12.5 Å². The van der Waals surface area contributed by atoms with Crippen molar-refractivity contribution in [2.24, 2.45) is 0 Å². The van der Waals surface area contributed by atoms with Crippen LogP contribution in [-0.2, 0) is 11.3 Å². The van der Waals surface area contributed by atoms with E-state index in [4.69, 9.17) is 32.9 Å². The van der Waals surface area contributed by atoms with Crippen LogP contribution >= 0.6 is 34.5 Å². The number of carbonyl (C=O) groups excluding carboxylic acids is 1. The van der Waals surface area contributed by atoms with Crippen LogP contribution in [0.2, 0.25) is 10.0 Å². The average molecular weight is 471 g/mol. The van der Waals surface area contributed by atoms with E-state index in [0.29, 0.717) is 27.5 Å². The van der Waals surface area contributed by atoms with Crippen LogP contribution in [0.25, 0.3) is 10.2 Å². The number of nitrogens with zero attached hydrogens (tertiary/aromatic N) is 2. The highest BCUT2D eigenvalue weighted by Gasteiger charge is 2.22. The van der Waals surface area contributed by atoms with Crippen molar-refractivity contribution >= 4 is 55.8 Å². The third-order valence-corrected chi connectivity index (χ3v) is 6.33. The van der Waals surface area contributed by atoms with Gasteiger partial charge in [0.2, 0.25) is 0 Å². The lowest BCUT2D eigenvalue weighted by Gasteiger charge is -2.20. The van der Waals surface area contributed by atoms with Gasteiger partial charge in [0.15, 0.2) is 11.7 Å². The van der Waals surface area contributed by atoms with E-state index >= 15 is 0 Å². The number of rotatable bonds is 6. The summed E-state index contributed by atoms with van der Waals surface area (Å²) < 4.78 is 6.76. The Morgan fingerprint density at radius 3 is 2.58 bits per heavy atom. The summed E-state index contributed by atoms with van der Waals surface area (Å²) in [6.07, 6.45) is 0. The molecule has 0 aliphatic rings. The van der Waals surface area contributed by atoms with Crippen LogP contribution in [0.5, 0.6) is 5.75 Å². The predicted octanol–water partition coefficient (Wildman–Crippen LogP) is 6.83. The monoisotopic (exact) mass is 470 g/mol. The number of carbonyl (C=O) groups is 1. The Balaban J connectivity index is 1.64. The molecule has 0 bridgehead atoms. The molecule has 3 aromatic carbocycles. The van der Waals surface area contributed by atoms with Gasteiger partial charge in [0.25, 0.3) is 5.91 Å². The van der Waals surface area contributed by atoms with Crippen molar-refractivity contribution < 1.29 is 9.53 Å². The normalized spacial score (nSPS) is 11.0. The first kappa shape index (κ1) is 21.6. The average Bonchev–Trinajstić information content (AvgIpc) is 3.16. The van der Waals surface area contributed by atoms with Crippen molar-refractivity contribution in [2.75, 3.05) is 11.5 Å². The Kier molecular flexibility index (Phi) is 6.46. The van der Waals surface area contributed by atoms with Crippen LogP contribution in [-0.4, -0.2) is 17.5 Å². The molecule has 0 fully saturated rings. The number of aryl methyl sites for hydroxylation is 2. The van der Waals surface area contributed by atoms with Crippen molar-refractivity contribution in [3.05, 3.63) is 87.4 Å². The molecule has 0 aliphatic heterocycles. The van der Waals surface area contributed by atoms with Gasteiger partial charge in [0, 0.05) is 5.02 Å². The summed E-state index contributed by atoms with van der Waals surface area (Å²) in [6, 6.07) is 18.9. The van der Waals surface area contributed by atoms with Gasteiger partial charge in [-0.2, -0.15) is 0 Å². The van der Waals surface area contributed by atoms with Crippen molar-refractivity contribution in [3.8, 4) is 5.75 Å². The van der Waals surface area contributed by atoms with Gasteiger partial charge < -0.3 is 4.74 Å². The van der Waals surface area contributed by atoms with Gasteiger partial charge >= 0.3 is 0 Å². The first-order valence-electron chi connectivity index (χ1n) is 9.70. The number of fused-ring (bicyclic) bond motifs is 1.